The Morgan fingerprint density at radius 1 is 0.387 bits per heavy atom. The van der Waals surface area contributed by atoms with E-state index in [0.717, 1.165) is 51.4 Å². The summed E-state index contributed by atoms with van der Waals surface area (Å²) in [5.41, 5.74) is 0. The Bertz CT molecular complexity index is 1320. The van der Waals surface area contributed by atoms with Crippen molar-refractivity contribution in [3.63, 3.8) is 0 Å². The summed E-state index contributed by atoms with van der Waals surface area (Å²) in [5.74, 6) is -5.99. The van der Waals surface area contributed by atoms with E-state index in [4.69, 9.17) is 9.11 Å². The molecule has 0 aromatic heterocycles. The summed E-state index contributed by atoms with van der Waals surface area (Å²) in [4.78, 5) is 41.4. The third kappa shape index (κ3) is 47.2. The zero-order valence-electron chi connectivity index (χ0n) is 39.0. The van der Waals surface area contributed by atoms with Crippen molar-refractivity contribution in [3.8, 4) is 0 Å². The van der Waals surface area contributed by atoms with Crippen molar-refractivity contribution in [2.75, 3.05) is 13.1 Å². The monoisotopic (exact) mass is 938 g/mol. The van der Waals surface area contributed by atoms with Gasteiger partial charge in [0.25, 0.3) is 20.2 Å². The summed E-state index contributed by atoms with van der Waals surface area (Å²) in [6.45, 7) is 5.13. The fraction of sp³-hybridized carbons (Fsp3) is 0.818. The molecule has 0 fully saturated rings. The van der Waals surface area contributed by atoms with Crippen molar-refractivity contribution < 1.29 is 114 Å². The number of carboxylic acid groups (broad SMARTS) is 2. The van der Waals surface area contributed by atoms with E-state index in [1.165, 1.54) is 154 Å². The molecular formula is C44H80N2Na2O12S2. The van der Waals surface area contributed by atoms with Crippen LogP contribution in [0, 0.1) is 0 Å². The van der Waals surface area contributed by atoms with E-state index in [-0.39, 0.29) is 59.1 Å². The normalized spacial score (nSPS) is 11.7. The number of carboxylic acids is 2. The first kappa shape index (κ1) is 67.8. The van der Waals surface area contributed by atoms with Gasteiger partial charge in [-0.05, 0) is 12.8 Å². The number of carbonyl (C=O) groups is 4. The average molecular weight is 939 g/mol. The summed E-state index contributed by atoms with van der Waals surface area (Å²) in [6.07, 6.45) is 40.5. The van der Waals surface area contributed by atoms with Gasteiger partial charge in [0.05, 0.1) is 11.9 Å². The molecule has 0 saturated carbocycles. The topological polar surface area (TPSA) is 247 Å². The minimum Gasteiger partial charge on any atom is -0.544 e. The molecule has 18 heteroatoms. The molecule has 0 aromatic rings. The first-order valence-corrected chi connectivity index (χ1v) is 25.8. The molecule has 0 aliphatic carbocycles. The molecule has 0 radical (unpaired) electrons. The van der Waals surface area contributed by atoms with Crippen LogP contribution in [0.25, 0.3) is 0 Å². The van der Waals surface area contributed by atoms with Crippen molar-refractivity contribution in [2.24, 2.45) is 0 Å². The van der Waals surface area contributed by atoms with E-state index in [9.17, 15) is 46.2 Å². The Morgan fingerprint density at radius 2 is 0.565 bits per heavy atom. The van der Waals surface area contributed by atoms with Crippen molar-refractivity contribution in [1.82, 2.24) is 10.6 Å². The maximum absolute atomic E-state index is 11.5. The van der Waals surface area contributed by atoms with E-state index < -0.39 is 53.8 Å². The van der Waals surface area contributed by atoms with E-state index in [1.807, 2.05) is 0 Å². The van der Waals surface area contributed by atoms with E-state index in [2.05, 4.69) is 24.5 Å². The van der Waals surface area contributed by atoms with Crippen LogP contribution in [0.5, 0.6) is 0 Å². The molecule has 0 bridgehead atoms. The molecule has 0 saturated heterocycles. The van der Waals surface area contributed by atoms with Crippen LogP contribution in [-0.4, -0.2) is 62.8 Å². The minimum absolute atomic E-state index is 0. The van der Waals surface area contributed by atoms with Gasteiger partial charge in [0.15, 0.2) is 0 Å². The molecule has 0 aliphatic rings. The maximum atomic E-state index is 11.5. The SMILES string of the molecule is CCCCCCCCCCCCCCCCCCNC(=O)C=C(C(=O)[O-])S(=O)(=O)O.CCCCCCCCCCCCCCCCCCNC(=O)C=C(C(=O)[O-])S(=O)(=O)O.[Na+].[Na+]. The first-order valence-electron chi connectivity index (χ1n) is 22.9. The second-order valence-corrected chi connectivity index (χ2v) is 18.5. The van der Waals surface area contributed by atoms with E-state index in [0.29, 0.717) is 25.2 Å². The van der Waals surface area contributed by atoms with Crippen LogP contribution < -0.4 is 80.0 Å². The van der Waals surface area contributed by atoms with E-state index in [1.54, 1.807) is 0 Å². The minimum atomic E-state index is -4.98. The molecule has 352 valence electrons. The molecule has 14 nitrogen and oxygen atoms in total. The molecule has 0 atom stereocenters. The maximum Gasteiger partial charge on any atom is 1.00 e. The number of hydrogen-bond donors (Lipinski definition) is 4. The van der Waals surface area contributed by atoms with Crippen molar-refractivity contribution in [2.45, 2.75) is 219 Å². The van der Waals surface area contributed by atoms with Crippen LogP contribution in [0.2, 0.25) is 0 Å². The molecule has 0 spiro atoms. The summed E-state index contributed by atoms with van der Waals surface area (Å²) >= 11 is 0. The third-order valence-corrected chi connectivity index (χ3v) is 11.8. The molecular weight excluding hydrogens is 859 g/mol. The number of nitrogens with one attached hydrogen (secondary N) is 2. The van der Waals surface area contributed by atoms with Gasteiger partial charge in [0.1, 0.15) is 9.81 Å². The second-order valence-electron chi connectivity index (χ2n) is 15.7. The van der Waals surface area contributed by atoms with Crippen LogP contribution in [0.1, 0.15) is 219 Å². The van der Waals surface area contributed by atoms with Crippen molar-refractivity contribution >= 4 is 44.0 Å². The molecule has 0 rings (SSSR count). The van der Waals surface area contributed by atoms with Crippen molar-refractivity contribution in [3.05, 3.63) is 22.0 Å². The fourth-order valence-electron chi connectivity index (χ4n) is 6.59. The Kier molecular flexibility index (Phi) is 51.0. The van der Waals surface area contributed by atoms with Gasteiger partial charge >= 0.3 is 59.1 Å². The van der Waals surface area contributed by atoms with Crippen LogP contribution in [0.3, 0.4) is 0 Å². The van der Waals surface area contributed by atoms with Gasteiger partial charge in [-0.25, -0.2) is 0 Å². The fourth-order valence-corrected chi connectivity index (χ4v) is 7.52. The summed E-state index contributed by atoms with van der Waals surface area (Å²) in [7, 11) is -9.97. The molecule has 0 unspecified atom stereocenters. The predicted molar refractivity (Wildman–Crippen MR) is 234 cm³/mol. The predicted octanol–water partition coefficient (Wildman–Crippen LogP) is 1.78. The number of aliphatic carboxylic acids is 2. The summed E-state index contributed by atoms with van der Waals surface area (Å²) in [6, 6.07) is 0. The zero-order chi connectivity index (χ0) is 45.3. The molecule has 0 aromatic carbocycles. The van der Waals surface area contributed by atoms with Crippen LogP contribution >= 0.6 is 0 Å². The smallest absolute Gasteiger partial charge is 0.544 e. The first-order chi connectivity index (χ1) is 28.6. The molecule has 0 heterocycles. The van der Waals surface area contributed by atoms with Crippen LogP contribution in [-0.2, 0) is 39.4 Å². The number of hydrogen-bond acceptors (Lipinski definition) is 10. The van der Waals surface area contributed by atoms with Gasteiger partial charge in [0, 0.05) is 25.2 Å². The van der Waals surface area contributed by atoms with Crippen molar-refractivity contribution in [1.29, 1.82) is 0 Å². The molecule has 4 N–H and O–H groups in total. The van der Waals surface area contributed by atoms with E-state index >= 15 is 0 Å². The van der Waals surface area contributed by atoms with Gasteiger partial charge in [-0.2, -0.15) is 16.8 Å². The number of carbonyl (C=O) groups excluding carboxylic acids is 4. The molecule has 2 amide bonds. The number of amides is 2. The summed E-state index contributed by atoms with van der Waals surface area (Å²) in [5, 5.41) is 26.0. The Labute approximate surface area is 419 Å². The molecule has 0 aliphatic heterocycles. The van der Waals surface area contributed by atoms with Gasteiger partial charge in [-0.1, -0.05) is 206 Å². The second kappa shape index (κ2) is 46.7. The van der Waals surface area contributed by atoms with Crippen LogP contribution in [0.4, 0.5) is 0 Å². The zero-order valence-corrected chi connectivity index (χ0v) is 44.6. The summed E-state index contributed by atoms with van der Waals surface area (Å²) < 4.78 is 60.8. The average Bonchev–Trinajstić information content (AvgIpc) is 3.17. The van der Waals surface area contributed by atoms with Crippen LogP contribution in [0.15, 0.2) is 22.0 Å². The Morgan fingerprint density at radius 3 is 0.726 bits per heavy atom. The quantitative estimate of drug-likeness (QED) is 0.0297. The Balaban J connectivity index is -0.000000526. The number of unbranched alkanes of at least 4 members (excludes halogenated alkanes) is 30. The third-order valence-electron chi connectivity index (χ3n) is 10.1. The van der Waals surface area contributed by atoms with Gasteiger partial charge < -0.3 is 30.4 Å². The number of rotatable bonds is 40. The largest absolute Gasteiger partial charge is 1.00 e. The van der Waals surface area contributed by atoms with Gasteiger partial charge in [-0.15, -0.1) is 0 Å². The Hall–Kier alpha value is -0.820. The van der Waals surface area contributed by atoms with Gasteiger partial charge in [-0.3, -0.25) is 18.7 Å². The van der Waals surface area contributed by atoms with Gasteiger partial charge in [0.2, 0.25) is 11.8 Å². The standard InChI is InChI=1S/2C22H41NO6S.2Na/c2*1-2-3-4-5-6-7-8-9-10-11-12-13-14-15-16-17-18-23-21(24)19-20(22(25)26)30(27,28)29;;/h2*19H,2-18H2,1H3,(H,23,24)(H,25,26)(H,27,28,29);;/q;;2*+1/p-2. The molecule has 62 heavy (non-hydrogen) atoms.